The minimum atomic E-state index is -0.500. The Labute approximate surface area is 70.8 Å². The highest BCUT2D eigenvalue weighted by Crippen LogP contribution is 2.20. The second kappa shape index (κ2) is 4.33. The van der Waals surface area contributed by atoms with Crippen molar-refractivity contribution in [1.29, 1.82) is 0 Å². The summed E-state index contributed by atoms with van der Waals surface area (Å²) < 4.78 is 10.4. The summed E-state index contributed by atoms with van der Waals surface area (Å²) in [6, 6.07) is 0. The Hall–Kier alpha value is -0.740. The van der Waals surface area contributed by atoms with E-state index in [0.29, 0.717) is 12.8 Å². The maximum atomic E-state index is 10.4. The van der Waals surface area contributed by atoms with Crippen molar-refractivity contribution in [3.63, 3.8) is 0 Å². The van der Waals surface area contributed by atoms with Gasteiger partial charge in [0, 0.05) is 6.42 Å². The van der Waals surface area contributed by atoms with Crippen molar-refractivity contribution in [3.05, 3.63) is 0 Å². The van der Waals surface area contributed by atoms with Gasteiger partial charge >= 0.3 is 0 Å². The highest BCUT2D eigenvalue weighted by atomic mass is 16.7. The van der Waals surface area contributed by atoms with Gasteiger partial charge in [-0.1, -0.05) is 0 Å². The third kappa shape index (κ3) is 2.12. The summed E-state index contributed by atoms with van der Waals surface area (Å²) in [7, 11) is 0. The minimum absolute atomic E-state index is 0.248. The molecule has 1 fully saturated rings. The zero-order valence-electron chi connectivity index (χ0n) is 6.93. The van der Waals surface area contributed by atoms with Gasteiger partial charge in [-0.2, -0.15) is 0 Å². The molecule has 1 aliphatic heterocycles. The van der Waals surface area contributed by atoms with E-state index < -0.39 is 6.10 Å². The van der Waals surface area contributed by atoms with Crippen LogP contribution in [0.5, 0.6) is 0 Å². The van der Waals surface area contributed by atoms with Crippen LogP contribution >= 0.6 is 0 Å². The number of hydrogen-bond acceptors (Lipinski definition) is 4. The monoisotopic (exact) mass is 172 g/mol. The van der Waals surface area contributed by atoms with Gasteiger partial charge in [0.05, 0.1) is 6.10 Å². The maximum Gasteiger partial charge on any atom is 0.156 e. The minimum Gasteiger partial charge on any atom is -0.347 e. The van der Waals surface area contributed by atoms with E-state index in [0.717, 1.165) is 12.6 Å². The van der Waals surface area contributed by atoms with Crippen molar-refractivity contribution in [2.75, 3.05) is 0 Å². The fraction of sp³-hybridized carbons (Fsp3) is 0.750. The molecular weight excluding hydrogens is 160 g/mol. The van der Waals surface area contributed by atoms with Crippen molar-refractivity contribution in [1.82, 2.24) is 0 Å². The molecule has 0 aromatic heterocycles. The average Bonchev–Trinajstić information content (AvgIpc) is 2.42. The first-order chi connectivity index (χ1) is 5.77. The molecule has 0 aromatic rings. The lowest BCUT2D eigenvalue weighted by Crippen LogP contribution is -2.23. The molecule has 1 aliphatic rings. The first kappa shape index (κ1) is 9.35. The van der Waals surface area contributed by atoms with Crippen molar-refractivity contribution in [2.24, 2.45) is 0 Å². The maximum absolute atomic E-state index is 10.4. The summed E-state index contributed by atoms with van der Waals surface area (Å²) in [5, 5.41) is 0. The predicted octanol–water partition coefficient (Wildman–Crippen LogP) is 0.294. The molecule has 3 unspecified atom stereocenters. The Balaban J connectivity index is 2.40. The van der Waals surface area contributed by atoms with Crippen LogP contribution in [-0.4, -0.2) is 31.1 Å². The summed E-state index contributed by atoms with van der Waals surface area (Å²) in [5.74, 6) is 0. The van der Waals surface area contributed by atoms with Gasteiger partial charge < -0.3 is 19.1 Å². The first-order valence-corrected chi connectivity index (χ1v) is 3.97. The average molecular weight is 172 g/mol. The number of hydrogen-bond donors (Lipinski definition) is 0. The van der Waals surface area contributed by atoms with Gasteiger partial charge in [0.25, 0.3) is 0 Å². The quantitative estimate of drug-likeness (QED) is 0.572. The number of ether oxygens (including phenoxy) is 2. The normalized spacial score (nSPS) is 34.9. The van der Waals surface area contributed by atoms with Crippen LogP contribution < -0.4 is 0 Å². The van der Waals surface area contributed by atoms with Crippen molar-refractivity contribution in [3.8, 4) is 0 Å². The van der Waals surface area contributed by atoms with Crippen molar-refractivity contribution < 1.29 is 19.1 Å². The van der Waals surface area contributed by atoms with Crippen molar-refractivity contribution >= 4 is 12.6 Å². The van der Waals surface area contributed by atoms with E-state index in [4.69, 9.17) is 9.47 Å². The zero-order chi connectivity index (χ0) is 8.97. The van der Waals surface area contributed by atoms with Crippen LogP contribution in [0.2, 0.25) is 0 Å². The molecule has 68 valence electrons. The van der Waals surface area contributed by atoms with Crippen LogP contribution in [0, 0.1) is 0 Å². The third-order valence-corrected chi connectivity index (χ3v) is 1.78. The second-order valence-electron chi connectivity index (χ2n) is 2.72. The molecule has 0 aromatic carbocycles. The standard InChI is InChI=1S/C8H12O4/c1-6-11-7(3-2-4-9)8(5-10)12-6/h4-8H,2-3H2,1H3. The highest BCUT2D eigenvalue weighted by Gasteiger charge is 2.32. The molecule has 3 atom stereocenters. The number of carbonyl (C=O) groups excluding carboxylic acids is 2. The van der Waals surface area contributed by atoms with Gasteiger partial charge in [0.2, 0.25) is 0 Å². The lowest BCUT2D eigenvalue weighted by molar-refractivity contribution is -0.118. The molecule has 0 aliphatic carbocycles. The topological polar surface area (TPSA) is 52.6 Å². The van der Waals surface area contributed by atoms with Crippen molar-refractivity contribution in [2.45, 2.75) is 38.3 Å². The lowest BCUT2D eigenvalue weighted by Gasteiger charge is -2.08. The van der Waals surface area contributed by atoms with Gasteiger partial charge in [-0.25, -0.2) is 0 Å². The highest BCUT2D eigenvalue weighted by molar-refractivity contribution is 5.58. The molecule has 0 N–H and O–H groups in total. The second-order valence-corrected chi connectivity index (χ2v) is 2.72. The Bertz CT molecular complexity index is 168. The Morgan fingerprint density at radius 1 is 1.33 bits per heavy atom. The Morgan fingerprint density at radius 2 is 2.08 bits per heavy atom. The molecule has 1 saturated heterocycles. The van der Waals surface area contributed by atoms with E-state index in [2.05, 4.69) is 0 Å². The number of aldehydes is 2. The Kier molecular flexibility index (Phi) is 3.37. The third-order valence-electron chi connectivity index (χ3n) is 1.78. The van der Waals surface area contributed by atoms with E-state index in [9.17, 15) is 9.59 Å². The summed E-state index contributed by atoms with van der Waals surface area (Å²) in [5.41, 5.74) is 0. The van der Waals surface area contributed by atoms with Gasteiger partial charge in [-0.05, 0) is 13.3 Å². The zero-order valence-corrected chi connectivity index (χ0v) is 6.93. The van der Waals surface area contributed by atoms with Gasteiger partial charge in [0.1, 0.15) is 12.4 Å². The SMILES string of the molecule is CC1OC(C=O)C(CCC=O)O1. The van der Waals surface area contributed by atoms with Crippen LogP contribution in [0.15, 0.2) is 0 Å². The molecule has 1 rings (SSSR count). The van der Waals surface area contributed by atoms with E-state index in [-0.39, 0.29) is 12.4 Å². The van der Waals surface area contributed by atoms with E-state index >= 15 is 0 Å². The first-order valence-electron chi connectivity index (χ1n) is 3.97. The van der Waals surface area contributed by atoms with Gasteiger partial charge in [0.15, 0.2) is 12.6 Å². The largest absolute Gasteiger partial charge is 0.347 e. The smallest absolute Gasteiger partial charge is 0.156 e. The number of carbonyl (C=O) groups is 2. The van der Waals surface area contributed by atoms with Crippen LogP contribution in [-0.2, 0) is 19.1 Å². The van der Waals surface area contributed by atoms with Crippen LogP contribution in [0.25, 0.3) is 0 Å². The van der Waals surface area contributed by atoms with Gasteiger partial charge in [-0.15, -0.1) is 0 Å². The summed E-state index contributed by atoms with van der Waals surface area (Å²) in [6.45, 7) is 1.73. The number of rotatable bonds is 4. The molecule has 0 radical (unpaired) electrons. The van der Waals surface area contributed by atoms with Crippen LogP contribution in [0.4, 0.5) is 0 Å². The fourth-order valence-corrected chi connectivity index (χ4v) is 1.25. The molecule has 12 heavy (non-hydrogen) atoms. The van der Waals surface area contributed by atoms with E-state index in [1.807, 2.05) is 0 Å². The molecule has 4 nitrogen and oxygen atoms in total. The molecule has 0 bridgehead atoms. The summed E-state index contributed by atoms with van der Waals surface area (Å²) >= 11 is 0. The molecule has 0 spiro atoms. The molecule has 1 heterocycles. The van der Waals surface area contributed by atoms with Gasteiger partial charge in [-0.3, -0.25) is 0 Å². The molecular formula is C8H12O4. The van der Waals surface area contributed by atoms with Crippen LogP contribution in [0.1, 0.15) is 19.8 Å². The summed E-state index contributed by atoms with van der Waals surface area (Å²) in [6.07, 6.45) is 1.41. The summed E-state index contributed by atoms with van der Waals surface area (Å²) in [4.78, 5) is 20.5. The van der Waals surface area contributed by atoms with E-state index in [1.54, 1.807) is 6.92 Å². The van der Waals surface area contributed by atoms with Crippen LogP contribution in [0.3, 0.4) is 0 Å². The fourth-order valence-electron chi connectivity index (χ4n) is 1.25. The Morgan fingerprint density at radius 3 is 2.67 bits per heavy atom. The van der Waals surface area contributed by atoms with E-state index in [1.165, 1.54) is 0 Å². The molecule has 4 heteroatoms. The molecule has 0 amide bonds. The molecule has 0 saturated carbocycles. The lowest BCUT2D eigenvalue weighted by atomic mass is 10.1. The predicted molar refractivity (Wildman–Crippen MR) is 40.6 cm³/mol.